The summed E-state index contributed by atoms with van der Waals surface area (Å²) in [6.45, 7) is 1.75. The van der Waals surface area contributed by atoms with Crippen molar-refractivity contribution in [3.8, 4) is 0 Å². The molecule has 0 aromatic heterocycles. The van der Waals surface area contributed by atoms with Gasteiger partial charge < -0.3 is 5.11 Å². The number of rotatable bonds is 7. The van der Waals surface area contributed by atoms with Crippen molar-refractivity contribution in [3.63, 3.8) is 0 Å². The molecule has 0 unspecified atom stereocenters. The van der Waals surface area contributed by atoms with Crippen molar-refractivity contribution in [2.45, 2.75) is 19.8 Å². The van der Waals surface area contributed by atoms with Crippen molar-refractivity contribution in [2.75, 3.05) is 10.5 Å². The van der Waals surface area contributed by atoms with Crippen molar-refractivity contribution in [3.05, 3.63) is 33.9 Å². The summed E-state index contributed by atoms with van der Waals surface area (Å²) < 4.78 is 25.3. The lowest BCUT2D eigenvalue weighted by Gasteiger charge is -2.08. The Morgan fingerprint density at radius 2 is 2.10 bits per heavy atom. The van der Waals surface area contributed by atoms with Crippen LogP contribution in [0.2, 0.25) is 0 Å². The molecule has 0 saturated heterocycles. The molecule has 9 heteroatoms. The van der Waals surface area contributed by atoms with Gasteiger partial charge in [0.05, 0.1) is 22.8 Å². The zero-order valence-electron chi connectivity index (χ0n) is 10.7. The summed E-state index contributed by atoms with van der Waals surface area (Å²) in [5.74, 6) is -1.83. The first-order valence-corrected chi connectivity index (χ1v) is 7.40. The van der Waals surface area contributed by atoms with Gasteiger partial charge in [0.25, 0.3) is 5.69 Å². The van der Waals surface area contributed by atoms with Gasteiger partial charge in [-0.1, -0.05) is 13.0 Å². The molecule has 1 aromatic rings. The molecule has 0 heterocycles. The second kappa shape index (κ2) is 6.33. The monoisotopic (exact) mass is 302 g/mol. The average molecular weight is 302 g/mol. The maximum atomic E-state index is 11.6. The quantitative estimate of drug-likeness (QED) is 0.578. The van der Waals surface area contributed by atoms with E-state index < -0.39 is 33.1 Å². The standard InChI is InChI=1S/C11H14N2O6S/c1-2-8-3-4-9(7-10(8)13(16)17)12-20(18,19)6-5-11(14)15/h3-4,7,12H,2,5-6H2,1H3,(H,14,15). The minimum absolute atomic E-state index is 0.0410. The van der Waals surface area contributed by atoms with Gasteiger partial charge in [-0.15, -0.1) is 0 Å². The van der Waals surface area contributed by atoms with Gasteiger partial charge in [-0.25, -0.2) is 8.42 Å². The molecule has 1 rings (SSSR count). The van der Waals surface area contributed by atoms with E-state index >= 15 is 0 Å². The number of hydrogen-bond acceptors (Lipinski definition) is 5. The number of nitrogens with zero attached hydrogens (tertiary/aromatic N) is 1. The molecule has 1 aromatic carbocycles. The van der Waals surface area contributed by atoms with Gasteiger partial charge in [-0.2, -0.15) is 0 Å². The number of nitrogens with one attached hydrogen (secondary N) is 1. The summed E-state index contributed by atoms with van der Waals surface area (Å²) >= 11 is 0. The number of aryl methyl sites for hydroxylation is 1. The largest absolute Gasteiger partial charge is 0.481 e. The Morgan fingerprint density at radius 3 is 2.60 bits per heavy atom. The first-order valence-electron chi connectivity index (χ1n) is 5.74. The molecular weight excluding hydrogens is 288 g/mol. The van der Waals surface area contributed by atoms with Crippen LogP contribution in [-0.2, 0) is 21.2 Å². The van der Waals surface area contributed by atoms with Crippen LogP contribution in [0.3, 0.4) is 0 Å². The fraction of sp³-hybridized carbons (Fsp3) is 0.364. The minimum Gasteiger partial charge on any atom is -0.481 e. The summed E-state index contributed by atoms with van der Waals surface area (Å²) in [5, 5.41) is 19.3. The predicted octanol–water partition coefficient (Wildman–Crippen LogP) is 1.37. The van der Waals surface area contributed by atoms with Crippen LogP contribution in [0, 0.1) is 10.1 Å². The number of anilines is 1. The summed E-state index contributed by atoms with van der Waals surface area (Å²) in [7, 11) is -3.85. The van der Waals surface area contributed by atoms with Gasteiger partial charge in [-0.3, -0.25) is 19.6 Å². The van der Waals surface area contributed by atoms with E-state index in [1.54, 1.807) is 6.92 Å². The molecule has 0 spiro atoms. The first kappa shape index (κ1) is 15.9. The van der Waals surface area contributed by atoms with Crippen molar-refractivity contribution >= 4 is 27.4 Å². The summed E-state index contributed by atoms with van der Waals surface area (Å²) in [5.41, 5.74) is 0.355. The van der Waals surface area contributed by atoms with Crippen LogP contribution in [0.1, 0.15) is 18.9 Å². The molecule has 0 bridgehead atoms. The van der Waals surface area contributed by atoms with Crippen molar-refractivity contribution in [2.24, 2.45) is 0 Å². The van der Waals surface area contributed by atoms with E-state index in [9.17, 15) is 23.3 Å². The number of sulfonamides is 1. The van der Waals surface area contributed by atoms with Gasteiger partial charge in [0.2, 0.25) is 10.0 Å². The molecule has 0 saturated carbocycles. The number of nitro groups is 1. The second-order valence-electron chi connectivity index (χ2n) is 4.02. The lowest BCUT2D eigenvalue weighted by molar-refractivity contribution is -0.385. The second-order valence-corrected chi connectivity index (χ2v) is 5.86. The molecule has 8 nitrogen and oxygen atoms in total. The molecule has 0 amide bonds. The number of nitro benzene ring substituents is 1. The number of benzene rings is 1. The Hall–Kier alpha value is -2.16. The molecule has 0 atom stereocenters. The van der Waals surface area contributed by atoms with Gasteiger partial charge >= 0.3 is 5.97 Å². The van der Waals surface area contributed by atoms with Gasteiger partial charge in [0.1, 0.15) is 0 Å². The topological polar surface area (TPSA) is 127 Å². The number of carbonyl (C=O) groups is 1. The average Bonchev–Trinajstić information content (AvgIpc) is 2.36. The molecule has 20 heavy (non-hydrogen) atoms. The van der Waals surface area contributed by atoms with Crippen LogP contribution >= 0.6 is 0 Å². The van der Waals surface area contributed by atoms with Crippen LogP contribution in [0.25, 0.3) is 0 Å². The Labute approximate surface area is 115 Å². The number of aliphatic carboxylic acids is 1. The van der Waals surface area contributed by atoms with E-state index in [0.29, 0.717) is 12.0 Å². The molecule has 110 valence electrons. The Kier molecular flexibility index (Phi) is 5.03. The van der Waals surface area contributed by atoms with Gasteiger partial charge in [-0.05, 0) is 12.5 Å². The van der Waals surface area contributed by atoms with E-state index in [4.69, 9.17) is 5.11 Å². The van der Waals surface area contributed by atoms with Crippen molar-refractivity contribution < 1.29 is 23.2 Å². The van der Waals surface area contributed by atoms with Crippen LogP contribution in [0.5, 0.6) is 0 Å². The van der Waals surface area contributed by atoms with Gasteiger partial charge in [0.15, 0.2) is 0 Å². The van der Waals surface area contributed by atoms with Gasteiger partial charge in [0, 0.05) is 11.6 Å². The highest BCUT2D eigenvalue weighted by Crippen LogP contribution is 2.24. The van der Waals surface area contributed by atoms with Crippen LogP contribution in [-0.4, -0.2) is 30.2 Å². The Balaban J connectivity index is 2.96. The van der Waals surface area contributed by atoms with E-state index in [1.165, 1.54) is 12.1 Å². The van der Waals surface area contributed by atoms with Crippen molar-refractivity contribution in [1.29, 1.82) is 0 Å². The minimum atomic E-state index is -3.85. The Morgan fingerprint density at radius 1 is 1.45 bits per heavy atom. The lowest BCUT2D eigenvalue weighted by atomic mass is 10.1. The highest BCUT2D eigenvalue weighted by atomic mass is 32.2. The molecule has 0 aliphatic carbocycles. The smallest absolute Gasteiger partial charge is 0.304 e. The van der Waals surface area contributed by atoms with Crippen LogP contribution in [0.15, 0.2) is 18.2 Å². The predicted molar refractivity (Wildman–Crippen MR) is 72.1 cm³/mol. The van der Waals surface area contributed by atoms with Crippen molar-refractivity contribution in [1.82, 2.24) is 0 Å². The highest BCUT2D eigenvalue weighted by Gasteiger charge is 2.17. The summed E-state index contributed by atoms with van der Waals surface area (Å²) in [4.78, 5) is 20.6. The normalized spacial score (nSPS) is 11.1. The summed E-state index contributed by atoms with van der Waals surface area (Å²) in [6.07, 6.45) is -0.0904. The SMILES string of the molecule is CCc1ccc(NS(=O)(=O)CCC(=O)O)cc1[N+](=O)[O-]. The fourth-order valence-electron chi connectivity index (χ4n) is 1.55. The molecule has 0 aliphatic heterocycles. The maximum Gasteiger partial charge on any atom is 0.304 e. The third kappa shape index (κ3) is 4.50. The van der Waals surface area contributed by atoms with E-state index in [2.05, 4.69) is 4.72 Å². The highest BCUT2D eigenvalue weighted by molar-refractivity contribution is 7.92. The number of hydrogen-bond donors (Lipinski definition) is 2. The maximum absolute atomic E-state index is 11.6. The third-order valence-corrected chi connectivity index (χ3v) is 3.81. The van der Waals surface area contributed by atoms with Crippen LogP contribution < -0.4 is 4.72 Å². The fourth-order valence-corrected chi connectivity index (χ4v) is 2.58. The lowest BCUT2D eigenvalue weighted by Crippen LogP contribution is -2.19. The molecule has 2 N–H and O–H groups in total. The first-order chi connectivity index (χ1) is 9.25. The molecule has 0 aliphatic rings. The molecule has 0 radical (unpaired) electrons. The van der Waals surface area contributed by atoms with E-state index in [-0.39, 0.29) is 11.4 Å². The Bertz CT molecular complexity index is 626. The summed E-state index contributed by atoms with van der Waals surface area (Å²) in [6, 6.07) is 3.99. The molecular formula is C11H14N2O6S. The number of carboxylic acid groups (broad SMARTS) is 1. The van der Waals surface area contributed by atoms with E-state index in [1.807, 2.05) is 0 Å². The van der Waals surface area contributed by atoms with Crippen LogP contribution in [0.4, 0.5) is 11.4 Å². The van der Waals surface area contributed by atoms with E-state index in [0.717, 1.165) is 6.07 Å². The number of carboxylic acids is 1. The molecule has 0 fully saturated rings. The third-order valence-electron chi connectivity index (χ3n) is 2.52. The zero-order chi connectivity index (χ0) is 15.3. The zero-order valence-corrected chi connectivity index (χ0v) is 11.5.